The van der Waals surface area contributed by atoms with Crippen LogP contribution in [-0.4, -0.2) is 18.0 Å². The van der Waals surface area contributed by atoms with Gasteiger partial charge in [-0.2, -0.15) is 0 Å². The predicted molar refractivity (Wildman–Crippen MR) is 84.3 cm³/mol. The van der Waals surface area contributed by atoms with Crippen LogP contribution in [0.3, 0.4) is 0 Å². The highest BCUT2D eigenvalue weighted by Crippen LogP contribution is 2.26. The Morgan fingerprint density at radius 1 is 1.36 bits per heavy atom. The second-order valence-electron chi connectivity index (χ2n) is 4.71. The van der Waals surface area contributed by atoms with Gasteiger partial charge in [0.2, 0.25) is 5.91 Å². The number of pyridine rings is 1. The van der Waals surface area contributed by atoms with Crippen LogP contribution in [0, 0.1) is 0 Å². The molecular formula is C16H13ClN2O3. The van der Waals surface area contributed by atoms with Crippen LogP contribution in [0.4, 0.5) is 5.82 Å². The van der Waals surface area contributed by atoms with E-state index in [0.717, 1.165) is 10.9 Å². The van der Waals surface area contributed by atoms with Crippen LogP contribution in [0.1, 0.15) is 5.56 Å². The number of hydrogen-bond donors (Lipinski definition) is 1. The van der Waals surface area contributed by atoms with Crippen molar-refractivity contribution in [1.82, 2.24) is 4.98 Å². The predicted octanol–water partition coefficient (Wildman–Crippen LogP) is 3.67. The summed E-state index contributed by atoms with van der Waals surface area (Å²) in [4.78, 5) is 16.1. The molecule has 0 radical (unpaired) electrons. The Balaban J connectivity index is 1.75. The van der Waals surface area contributed by atoms with Crippen LogP contribution in [-0.2, 0) is 11.2 Å². The maximum absolute atomic E-state index is 12.1. The van der Waals surface area contributed by atoms with Gasteiger partial charge in [-0.25, -0.2) is 4.98 Å². The first-order valence-electron chi connectivity index (χ1n) is 6.61. The first-order chi connectivity index (χ1) is 10.7. The minimum absolute atomic E-state index is 0.173. The van der Waals surface area contributed by atoms with Gasteiger partial charge in [-0.15, -0.1) is 0 Å². The molecule has 3 rings (SSSR count). The molecule has 0 saturated heterocycles. The second-order valence-corrected chi connectivity index (χ2v) is 5.15. The van der Waals surface area contributed by atoms with Crippen LogP contribution in [0.2, 0.25) is 5.02 Å². The van der Waals surface area contributed by atoms with Gasteiger partial charge in [0.15, 0.2) is 0 Å². The standard InChI is InChI=1S/C16H13ClN2O3/c1-21-12-3-4-13-10(9-22-14(13)7-12)6-16(20)19-15-5-2-11(17)8-18-15/h2-5,7-9H,6H2,1H3,(H,18,19,20). The molecule has 0 aliphatic rings. The van der Waals surface area contributed by atoms with E-state index in [0.29, 0.717) is 22.2 Å². The topological polar surface area (TPSA) is 64.4 Å². The van der Waals surface area contributed by atoms with Gasteiger partial charge in [0.25, 0.3) is 0 Å². The Morgan fingerprint density at radius 2 is 2.23 bits per heavy atom. The molecule has 3 aromatic rings. The fraction of sp³-hybridized carbons (Fsp3) is 0.125. The van der Waals surface area contributed by atoms with Gasteiger partial charge >= 0.3 is 0 Å². The summed E-state index contributed by atoms with van der Waals surface area (Å²) in [6.07, 6.45) is 3.26. The highest BCUT2D eigenvalue weighted by Gasteiger charge is 2.11. The lowest BCUT2D eigenvalue weighted by Gasteiger charge is -2.03. The molecule has 1 amide bonds. The maximum Gasteiger partial charge on any atom is 0.230 e. The number of furan rings is 1. The van der Waals surface area contributed by atoms with Crippen molar-refractivity contribution in [2.24, 2.45) is 0 Å². The smallest absolute Gasteiger partial charge is 0.230 e. The lowest BCUT2D eigenvalue weighted by molar-refractivity contribution is -0.115. The number of benzene rings is 1. The third-order valence-electron chi connectivity index (χ3n) is 3.21. The summed E-state index contributed by atoms with van der Waals surface area (Å²) in [5.41, 5.74) is 1.50. The van der Waals surface area contributed by atoms with Crippen molar-refractivity contribution in [1.29, 1.82) is 0 Å². The molecule has 6 heteroatoms. The number of amides is 1. The van der Waals surface area contributed by atoms with Gasteiger partial charge in [-0.1, -0.05) is 11.6 Å². The summed E-state index contributed by atoms with van der Waals surface area (Å²) in [5.74, 6) is 1.00. The summed E-state index contributed by atoms with van der Waals surface area (Å²) in [7, 11) is 1.59. The van der Waals surface area contributed by atoms with Gasteiger partial charge in [0.1, 0.15) is 17.2 Å². The van der Waals surface area contributed by atoms with Crippen molar-refractivity contribution >= 4 is 34.3 Å². The molecule has 2 aromatic heterocycles. The molecule has 1 aromatic carbocycles. The maximum atomic E-state index is 12.1. The Labute approximate surface area is 131 Å². The molecule has 0 fully saturated rings. The summed E-state index contributed by atoms with van der Waals surface area (Å²) < 4.78 is 10.6. The molecule has 0 aliphatic heterocycles. The SMILES string of the molecule is COc1ccc2c(CC(=O)Nc3ccc(Cl)cn3)coc2c1. The second kappa shape index (κ2) is 6.07. The van der Waals surface area contributed by atoms with Crippen molar-refractivity contribution in [2.45, 2.75) is 6.42 Å². The fourth-order valence-electron chi connectivity index (χ4n) is 2.14. The van der Waals surface area contributed by atoms with Crippen LogP contribution < -0.4 is 10.1 Å². The molecule has 0 saturated carbocycles. The number of rotatable bonds is 4. The number of fused-ring (bicyclic) bond motifs is 1. The zero-order valence-electron chi connectivity index (χ0n) is 11.8. The number of nitrogens with zero attached hydrogens (tertiary/aromatic N) is 1. The van der Waals surface area contributed by atoms with E-state index < -0.39 is 0 Å². The van der Waals surface area contributed by atoms with E-state index in [4.69, 9.17) is 20.8 Å². The Kier molecular flexibility index (Phi) is 3.98. The highest BCUT2D eigenvalue weighted by molar-refractivity contribution is 6.30. The van der Waals surface area contributed by atoms with Gasteiger partial charge in [-0.05, 0) is 24.3 Å². The molecule has 112 valence electrons. The molecule has 5 nitrogen and oxygen atoms in total. The van der Waals surface area contributed by atoms with Crippen molar-refractivity contribution in [3.05, 3.63) is 53.4 Å². The molecular weight excluding hydrogens is 304 g/mol. The van der Waals surface area contributed by atoms with Crippen molar-refractivity contribution in [2.75, 3.05) is 12.4 Å². The summed E-state index contributed by atoms with van der Waals surface area (Å²) >= 11 is 5.76. The summed E-state index contributed by atoms with van der Waals surface area (Å²) in [6, 6.07) is 8.82. The van der Waals surface area contributed by atoms with E-state index in [-0.39, 0.29) is 12.3 Å². The largest absolute Gasteiger partial charge is 0.497 e. The number of halogens is 1. The third kappa shape index (κ3) is 3.04. The minimum Gasteiger partial charge on any atom is -0.497 e. The number of methoxy groups -OCH3 is 1. The molecule has 0 aliphatic carbocycles. The lowest BCUT2D eigenvalue weighted by atomic mass is 10.1. The number of nitrogens with one attached hydrogen (secondary N) is 1. The Morgan fingerprint density at radius 3 is 2.95 bits per heavy atom. The van der Waals surface area contributed by atoms with E-state index in [1.54, 1.807) is 31.6 Å². The zero-order valence-corrected chi connectivity index (χ0v) is 12.6. The molecule has 22 heavy (non-hydrogen) atoms. The quantitative estimate of drug-likeness (QED) is 0.797. The fourth-order valence-corrected chi connectivity index (χ4v) is 2.25. The number of ether oxygens (including phenoxy) is 1. The highest BCUT2D eigenvalue weighted by atomic mass is 35.5. The average Bonchev–Trinajstić information content (AvgIpc) is 2.91. The first kappa shape index (κ1) is 14.4. The van der Waals surface area contributed by atoms with Crippen molar-refractivity contribution < 1.29 is 13.9 Å². The van der Waals surface area contributed by atoms with Crippen molar-refractivity contribution in [3.8, 4) is 5.75 Å². The van der Waals surface area contributed by atoms with Crippen molar-refractivity contribution in [3.63, 3.8) is 0 Å². The van der Waals surface area contributed by atoms with E-state index in [2.05, 4.69) is 10.3 Å². The van der Waals surface area contributed by atoms with Gasteiger partial charge in [-0.3, -0.25) is 4.79 Å². The molecule has 2 heterocycles. The number of aromatic nitrogens is 1. The molecule has 0 bridgehead atoms. The number of carbonyl (C=O) groups is 1. The van der Waals surface area contributed by atoms with Crippen LogP contribution in [0.5, 0.6) is 5.75 Å². The summed E-state index contributed by atoms with van der Waals surface area (Å²) in [5, 5.41) is 4.13. The van der Waals surface area contributed by atoms with E-state index in [9.17, 15) is 4.79 Å². The summed E-state index contributed by atoms with van der Waals surface area (Å²) in [6.45, 7) is 0. The Hall–Kier alpha value is -2.53. The normalized spacial score (nSPS) is 10.6. The number of hydrogen-bond acceptors (Lipinski definition) is 4. The number of anilines is 1. The van der Waals surface area contributed by atoms with Crippen LogP contribution in [0.25, 0.3) is 11.0 Å². The molecule has 0 atom stereocenters. The average molecular weight is 317 g/mol. The van der Waals surface area contributed by atoms with E-state index in [1.165, 1.54) is 6.20 Å². The zero-order chi connectivity index (χ0) is 15.5. The van der Waals surface area contributed by atoms with E-state index in [1.807, 2.05) is 12.1 Å². The van der Waals surface area contributed by atoms with E-state index >= 15 is 0 Å². The Bertz CT molecular complexity index is 812. The van der Waals surface area contributed by atoms with Gasteiger partial charge < -0.3 is 14.5 Å². The van der Waals surface area contributed by atoms with Gasteiger partial charge in [0, 0.05) is 23.2 Å². The first-order valence-corrected chi connectivity index (χ1v) is 6.99. The molecule has 1 N–H and O–H groups in total. The van der Waals surface area contributed by atoms with Gasteiger partial charge in [0.05, 0.1) is 24.8 Å². The third-order valence-corrected chi connectivity index (χ3v) is 3.43. The number of carbonyl (C=O) groups excluding carboxylic acids is 1. The lowest BCUT2D eigenvalue weighted by Crippen LogP contribution is -2.14. The monoisotopic (exact) mass is 316 g/mol. The molecule has 0 unspecified atom stereocenters. The minimum atomic E-state index is -0.173. The van der Waals surface area contributed by atoms with Crippen LogP contribution >= 0.6 is 11.6 Å². The molecule has 0 spiro atoms. The van der Waals surface area contributed by atoms with Crippen LogP contribution in [0.15, 0.2) is 47.2 Å².